The molecule has 1 aromatic heterocycles. The van der Waals surface area contributed by atoms with Gasteiger partial charge < -0.3 is 10.2 Å². The highest BCUT2D eigenvalue weighted by atomic mass is 16.2. The molecule has 4 nitrogen and oxygen atoms in total. The molecule has 1 unspecified atom stereocenters. The van der Waals surface area contributed by atoms with Crippen LogP contribution in [0.5, 0.6) is 0 Å². The van der Waals surface area contributed by atoms with Crippen LogP contribution in [-0.4, -0.2) is 34.9 Å². The van der Waals surface area contributed by atoms with E-state index in [0.717, 1.165) is 24.3 Å². The van der Waals surface area contributed by atoms with Gasteiger partial charge in [-0.05, 0) is 40.2 Å². The standard InChI is InChI=1S/C15H25N3O/c1-6-12(5)18(8-3)15(19)13-10-17-11(4)9-14(13)16-7-2/h9-10,12H,6-8H2,1-5H3,(H,16,17). The van der Waals surface area contributed by atoms with Crippen LogP contribution in [0.3, 0.4) is 0 Å². The van der Waals surface area contributed by atoms with E-state index < -0.39 is 0 Å². The fourth-order valence-corrected chi connectivity index (χ4v) is 2.10. The zero-order chi connectivity index (χ0) is 14.4. The summed E-state index contributed by atoms with van der Waals surface area (Å²) >= 11 is 0. The normalized spacial score (nSPS) is 12.1. The van der Waals surface area contributed by atoms with E-state index in [2.05, 4.69) is 24.1 Å². The summed E-state index contributed by atoms with van der Waals surface area (Å²) in [6.07, 6.45) is 2.64. The first kappa shape index (κ1) is 15.5. The van der Waals surface area contributed by atoms with Gasteiger partial charge in [0.1, 0.15) is 0 Å². The molecule has 0 aliphatic heterocycles. The molecule has 0 aromatic carbocycles. The Morgan fingerprint density at radius 1 is 1.42 bits per heavy atom. The van der Waals surface area contributed by atoms with Crippen LogP contribution in [0.15, 0.2) is 12.3 Å². The van der Waals surface area contributed by atoms with Gasteiger partial charge in [-0.2, -0.15) is 0 Å². The summed E-state index contributed by atoms with van der Waals surface area (Å²) < 4.78 is 0. The highest BCUT2D eigenvalue weighted by molar-refractivity contribution is 5.99. The summed E-state index contributed by atoms with van der Waals surface area (Å²) in [7, 11) is 0. The van der Waals surface area contributed by atoms with E-state index in [0.29, 0.717) is 12.1 Å². The summed E-state index contributed by atoms with van der Waals surface area (Å²) in [5.74, 6) is 0.0558. The molecule has 0 saturated heterocycles. The Labute approximate surface area is 116 Å². The van der Waals surface area contributed by atoms with Gasteiger partial charge in [-0.15, -0.1) is 0 Å². The maximum Gasteiger partial charge on any atom is 0.257 e. The quantitative estimate of drug-likeness (QED) is 0.858. The van der Waals surface area contributed by atoms with Gasteiger partial charge in [0.05, 0.1) is 11.3 Å². The van der Waals surface area contributed by atoms with Crippen LogP contribution in [0.1, 0.15) is 50.2 Å². The van der Waals surface area contributed by atoms with Crippen molar-refractivity contribution in [1.29, 1.82) is 0 Å². The van der Waals surface area contributed by atoms with Crippen LogP contribution in [0.4, 0.5) is 5.69 Å². The van der Waals surface area contributed by atoms with Crippen molar-refractivity contribution < 1.29 is 4.79 Å². The average molecular weight is 263 g/mol. The molecule has 0 aliphatic carbocycles. The molecule has 0 saturated carbocycles. The van der Waals surface area contributed by atoms with E-state index in [1.54, 1.807) is 6.20 Å². The second kappa shape index (κ2) is 7.12. The monoisotopic (exact) mass is 263 g/mol. The molecule has 0 bridgehead atoms. The van der Waals surface area contributed by atoms with Crippen molar-refractivity contribution in [3.63, 3.8) is 0 Å². The Morgan fingerprint density at radius 2 is 2.11 bits per heavy atom. The minimum Gasteiger partial charge on any atom is -0.385 e. The second-order valence-electron chi connectivity index (χ2n) is 4.75. The number of nitrogens with one attached hydrogen (secondary N) is 1. The molecule has 1 rings (SSSR count). The minimum atomic E-state index is 0.0558. The molecule has 106 valence electrons. The Morgan fingerprint density at radius 3 is 2.63 bits per heavy atom. The highest BCUT2D eigenvalue weighted by Crippen LogP contribution is 2.19. The molecule has 4 heteroatoms. The predicted octanol–water partition coefficient (Wildman–Crippen LogP) is 3.08. The summed E-state index contributed by atoms with van der Waals surface area (Å²) in [5, 5.41) is 3.25. The number of rotatable bonds is 6. The lowest BCUT2D eigenvalue weighted by Crippen LogP contribution is -2.38. The lowest BCUT2D eigenvalue weighted by molar-refractivity contribution is 0.0700. The molecule has 0 spiro atoms. The van der Waals surface area contributed by atoms with E-state index in [1.165, 1.54) is 0 Å². The number of carbonyl (C=O) groups is 1. The molecule has 1 heterocycles. The Bertz CT molecular complexity index is 431. The second-order valence-corrected chi connectivity index (χ2v) is 4.75. The van der Waals surface area contributed by atoms with Gasteiger partial charge in [-0.1, -0.05) is 6.92 Å². The third-order valence-corrected chi connectivity index (χ3v) is 3.36. The molecule has 1 amide bonds. The number of amides is 1. The average Bonchev–Trinajstić information content (AvgIpc) is 2.39. The van der Waals surface area contributed by atoms with E-state index >= 15 is 0 Å². The number of carbonyl (C=O) groups excluding carboxylic acids is 1. The molecule has 0 aliphatic rings. The maximum atomic E-state index is 12.6. The van der Waals surface area contributed by atoms with Crippen molar-refractivity contribution in [3.8, 4) is 0 Å². The third-order valence-electron chi connectivity index (χ3n) is 3.36. The van der Waals surface area contributed by atoms with E-state index in [4.69, 9.17) is 0 Å². The van der Waals surface area contributed by atoms with Gasteiger partial charge in [-0.25, -0.2) is 0 Å². The summed E-state index contributed by atoms with van der Waals surface area (Å²) in [6, 6.07) is 2.18. The molecular weight excluding hydrogens is 238 g/mol. The van der Waals surface area contributed by atoms with Crippen molar-refractivity contribution in [2.75, 3.05) is 18.4 Å². The van der Waals surface area contributed by atoms with Gasteiger partial charge in [-0.3, -0.25) is 9.78 Å². The zero-order valence-corrected chi connectivity index (χ0v) is 12.7. The van der Waals surface area contributed by atoms with Crippen LogP contribution in [0, 0.1) is 6.92 Å². The Hall–Kier alpha value is -1.58. The van der Waals surface area contributed by atoms with Crippen molar-refractivity contribution in [2.45, 2.75) is 47.1 Å². The van der Waals surface area contributed by atoms with Crippen LogP contribution in [0.2, 0.25) is 0 Å². The number of pyridine rings is 1. The van der Waals surface area contributed by atoms with Gasteiger partial charge in [0.2, 0.25) is 0 Å². The SMILES string of the molecule is CCNc1cc(C)ncc1C(=O)N(CC)C(C)CC. The van der Waals surface area contributed by atoms with E-state index in [9.17, 15) is 4.79 Å². The zero-order valence-electron chi connectivity index (χ0n) is 12.7. The van der Waals surface area contributed by atoms with Gasteiger partial charge in [0.15, 0.2) is 0 Å². The number of aryl methyl sites for hydroxylation is 1. The Balaban J connectivity index is 3.10. The molecule has 1 N–H and O–H groups in total. The van der Waals surface area contributed by atoms with E-state index in [-0.39, 0.29) is 11.9 Å². The van der Waals surface area contributed by atoms with Crippen molar-refractivity contribution in [3.05, 3.63) is 23.5 Å². The number of aromatic nitrogens is 1. The third kappa shape index (κ3) is 3.69. The molecule has 0 fully saturated rings. The largest absolute Gasteiger partial charge is 0.385 e. The molecule has 19 heavy (non-hydrogen) atoms. The highest BCUT2D eigenvalue weighted by Gasteiger charge is 2.21. The topological polar surface area (TPSA) is 45.2 Å². The van der Waals surface area contributed by atoms with Gasteiger partial charge in [0, 0.05) is 31.0 Å². The molecular formula is C15H25N3O. The first-order valence-electron chi connectivity index (χ1n) is 7.06. The molecule has 0 radical (unpaired) electrons. The van der Waals surface area contributed by atoms with Crippen LogP contribution >= 0.6 is 0 Å². The van der Waals surface area contributed by atoms with Gasteiger partial charge >= 0.3 is 0 Å². The molecule has 1 atom stereocenters. The minimum absolute atomic E-state index is 0.0558. The fourth-order valence-electron chi connectivity index (χ4n) is 2.10. The van der Waals surface area contributed by atoms with E-state index in [1.807, 2.05) is 31.7 Å². The first-order chi connectivity index (χ1) is 9.04. The van der Waals surface area contributed by atoms with Gasteiger partial charge in [0.25, 0.3) is 5.91 Å². The number of anilines is 1. The number of hydrogen-bond donors (Lipinski definition) is 1. The summed E-state index contributed by atoms with van der Waals surface area (Å²) in [6.45, 7) is 11.7. The lowest BCUT2D eigenvalue weighted by atomic mass is 10.1. The van der Waals surface area contributed by atoms with Crippen LogP contribution in [0.25, 0.3) is 0 Å². The van der Waals surface area contributed by atoms with Crippen LogP contribution < -0.4 is 5.32 Å². The van der Waals surface area contributed by atoms with Crippen molar-refractivity contribution in [1.82, 2.24) is 9.88 Å². The first-order valence-corrected chi connectivity index (χ1v) is 7.06. The lowest BCUT2D eigenvalue weighted by Gasteiger charge is -2.28. The van der Waals surface area contributed by atoms with Crippen LogP contribution in [-0.2, 0) is 0 Å². The summed E-state index contributed by atoms with van der Waals surface area (Å²) in [5.41, 5.74) is 2.45. The summed E-state index contributed by atoms with van der Waals surface area (Å²) in [4.78, 5) is 18.8. The number of hydrogen-bond acceptors (Lipinski definition) is 3. The number of nitrogens with zero attached hydrogens (tertiary/aromatic N) is 2. The predicted molar refractivity (Wildman–Crippen MR) is 79.6 cm³/mol. The Kier molecular flexibility index (Phi) is 5.80. The van der Waals surface area contributed by atoms with Crippen molar-refractivity contribution in [2.24, 2.45) is 0 Å². The maximum absolute atomic E-state index is 12.6. The fraction of sp³-hybridized carbons (Fsp3) is 0.600. The smallest absolute Gasteiger partial charge is 0.257 e. The van der Waals surface area contributed by atoms with Crippen molar-refractivity contribution >= 4 is 11.6 Å². The molecule has 1 aromatic rings.